The number of likely N-dealkylation sites (tertiary alicyclic amines) is 1. The highest BCUT2D eigenvalue weighted by atomic mass is 35.5. The first-order valence-electron chi connectivity index (χ1n) is 9.76. The summed E-state index contributed by atoms with van der Waals surface area (Å²) in [5.74, 6) is 0.775. The summed E-state index contributed by atoms with van der Waals surface area (Å²) in [6.07, 6.45) is 1.80. The third-order valence-electron chi connectivity index (χ3n) is 6.06. The average molecular weight is 429 g/mol. The minimum atomic E-state index is -0.532. The molecule has 150 valence electrons. The zero-order valence-electron chi connectivity index (χ0n) is 15.9. The van der Waals surface area contributed by atoms with E-state index in [1.165, 1.54) is 10.2 Å². The van der Waals surface area contributed by atoms with Crippen molar-refractivity contribution in [1.29, 1.82) is 0 Å². The Balaban J connectivity index is 1.44. The molecule has 2 aliphatic rings. The van der Waals surface area contributed by atoms with E-state index in [4.69, 9.17) is 16.7 Å². The lowest BCUT2D eigenvalue weighted by molar-refractivity contribution is 0.298. The number of halogens is 1. The van der Waals surface area contributed by atoms with Gasteiger partial charge in [-0.05, 0) is 48.5 Å². The van der Waals surface area contributed by atoms with E-state index in [0.29, 0.717) is 13.1 Å². The van der Waals surface area contributed by atoms with Crippen molar-refractivity contribution in [3.63, 3.8) is 0 Å². The maximum Gasteiger partial charge on any atom is 0.332 e. The highest BCUT2D eigenvalue weighted by Gasteiger charge is 2.47. The van der Waals surface area contributed by atoms with Crippen LogP contribution in [-0.2, 0) is 25.0 Å². The average Bonchev–Trinajstić information content (AvgIpc) is 3.44. The molecule has 1 fully saturated rings. The van der Waals surface area contributed by atoms with Crippen LogP contribution >= 0.6 is 22.9 Å². The smallest absolute Gasteiger partial charge is 0.298 e. The standard InChI is InChI=1S/C21H21ClN4O2S/c22-16-5-3-15(4-6-16)12-24-9-7-21(14-24)8-10-25-18(27)19(28)26(23-20(21)25)13-17-2-1-11-29-17/h1-6,11H,7-10,12-14H2/t21-/m0/s1. The van der Waals surface area contributed by atoms with Crippen LogP contribution in [0.3, 0.4) is 0 Å². The van der Waals surface area contributed by atoms with E-state index < -0.39 is 11.1 Å². The van der Waals surface area contributed by atoms with Crippen LogP contribution in [0.5, 0.6) is 0 Å². The van der Waals surface area contributed by atoms with E-state index in [1.807, 2.05) is 29.6 Å². The largest absolute Gasteiger partial charge is 0.332 e. The minimum Gasteiger partial charge on any atom is -0.298 e. The van der Waals surface area contributed by atoms with Crippen molar-refractivity contribution in [2.45, 2.75) is 37.9 Å². The van der Waals surface area contributed by atoms with Gasteiger partial charge in [-0.3, -0.25) is 19.1 Å². The first-order chi connectivity index (χ1) is 14.0. The van der Waals surface area contributed by atoms with Gasteiger partial charge in [0.15, 0.2) is 0 Å². The summed E-state index contributed by atoms with van der Waals surface area (Å²) in [7, 11) is 0. The molecule has 1 spiro atoms. The number of aromatic nitrogens is 3. The van der Waals surface area contributed by atoms with Crippen molar-refractivity contribution in [3.8, 4) is 0 Å². The Morgan fingerprint density at radius 3 is 2.59 bits per heavy atom. The van der Waals surface area contributed by atoms with Gasteiger partial charge in [0, 0.05) is 34.9 Å². The third kappa shape index (κ3) is 3.37. The van der Waals surface area contributed by atoms with Crippen molar-refractivity contribution in [3.05, 3.63) is 83.8 Å². The second kappa shape index (κ2) is 7.23. The molecule has 1 atom stereocenters. The van der Waals surface area contributed by atoms with Crippen molar-refractivity contribution < 1.29 is 0 Å². The Bertz CT molecular complexity index is 1150. The van der Waals surface area contributed by atoms with Crippen LogP contribution in [0.1, 0.15) is 29.1 Å². The topological polar surface area (TPSA) is 60.1 Å². The van der Waals surface area contributed by atoms with Gasteiger partial charge in [0.1, 0.15) is 5.82 Å². The molecule has 4 heterocycles. The van der Waals surface area contributed by atoms with Crippen LogP contribution < -0.4 is 11.1 Å². The lowest BCUT2D eigenvalue weighted by Crippen LogP contribution is -2.45. The lowest BCUT2D eigenvalue weighted by Gasteiger charge is -2.24. The van der Waals surface area contributed by atoms with Gasteiger partial charge in [0.25, 0.3) is 0 Å². The van der Waals surface area contributed by atoms with E-state index in [1.54, 1.807) is 15.9 Å². The van der Waals surface area contributed by atoms with E-state index in [0.717, 1.165) is 48.2 Å². The van der Waals surface area contributed by atoms with E-state index in [9.17, 15) is 9.59 Å². The molecule has 0 bridgehead atoms. The van der Waals surface area contributed by atoms with Gasteiger partial charge in [-0.1, -0.05) is 29.8 Å². The Hall–Kier alpha value is -2.22. The van der Waals surface area contributed by atoms with Crippen LogP contribution in [-0.4, -0.2) is 32.3 Å². The first kappa shape index (κ1) is 18.8. The van der Waals surface area contributed by atoms with Crippen molar-refractivity contribution in [1.82, 2.24) is 19.2 Å². The predicted octanol–water partition coefficient (Wildman–Crippen LogP) is 2.72. The third-order valence-corrected chi connectivity index (χ3v) is 7.17. The van der Waals surface area contributed by atoms with Gasteiger partial charge in [0.05, 0.1) is 6.54 Å². The van der Waals surface area contributed by atoms with Gasteiger partial charge in [-0.25, -0.2) is 4.68 Å². The molecule has 0 unspecified atom stereocenters. The highest BCUT2D eigenvalue weighted by molar-refractivity contribution is 7.09. The van der Waals surface area contributed by atoms with Crippen molar-refractivity contribution >= 4 is 22.9 Å². The quantitative estimate of drug-likeness (QED) is 0.599. The first-order valence-corrected chi connectivity index (χ1v) is 11.0. The molecule has 29 heavy (non-hydrogen) atoms. The summed E-state index contributed by atoms with van der Waals surface area (Å²) in [6.45, 7) is 3.56. The fourth-order valence-corrected chi connectivity index (χ4v) is 5.37. The molecule has 0 amide bonds. The summed E-state index contributed by atoms with van der Waals surface area (Å²) >= 11 is 7.56. The maximum atomic E-state index is 12.7. The fraction of sp³-hybridized carbons (Fsp3) is 0.381. The molecule has 0 saturated carbocycles. The van der Waals surface area contributed by atoms with Crippen molar-refractivity contribution in [2.75, 3.05) is 13.1 Å². The minimum absolute atomic E-state index is 0.156. The molecular formula is C21H21ClN4O2S. The Kier molecular flexibility index (Phi) is 4.69. The van der Waals surface area contributed by atoms with Crippen LogP contribution in [0.2, 0.25) is 5.02 Å². The molecule has 0 radical (unpaired) electrons. The summed E-state index contributed by atoms with van der Waals surface area (Å²) < 4.78 is 2.97. The monoisotopic (exact) mass is 428 g/mol. The molecule has 2 aromatic heterocycles. The number of nitrogens with zero attached hydrogens (tertiary/aromatic N) is 4. The lowest BCUT2D eigenvalue weighted by atomic mass is 9.85. The Morgan fingerprint density at radius 2 is 1.83 bits per heavy atom. The zero-order valence-corrected chi connectivity index (χ0v) is 17.5. The van der Waals surface area contributed by atoms with Gasteiger partial charge in [0.2, 0.25) is 0 Å². The van der Waals surface area contributed by atoms with Crippen LogP contribution in [0.4, 0.5) is 0 Å². The molecule has 1 saturated heterocycles. The zero-order chi connectivity index (χ0) is 20.0. The summed E-state index contributed by atoms with van der Waals surface area (Å²) in [6, 6.07) is 11.8. The molecule has 5 rings (SSSR count). The Labute approximate surface area is 177 Å². The van der Waals surface area contributed by atoms with E-state index in [2.05, 4.69) is 17.0 Å². The number of fused-ring (bicyclic) bond motifs is 2. The van der Waals surface area contributed by atoms with Crippen LogP contribution in [0.15, 0.2) is 51.4 Å². The number of thiophene rings is 1. The molecule has 2 aliphatic heterocycles. The molecule has 1 aromatic carbocycles. The fourth-order valence-electron chi connectivity index (χ4n) is 4.56. The summed E-state index contributed by atoms with van der Waals surface area (Å²) in [4.78, 5) is 28.7. The van der Waals surface area contributed by atoms with E-state index >= 15 is 0 Å². The van der Waals surface area contributed by atoms with Crippen molar-refractivity contribution in [2.24, 2.45) is 0 Å². The summed E-state index contributed by atoms with van der Waals surface area (Å²) in [5, 5.41) is 7.41. The van der Waals surface area contributed by atoms with Gasteiger partial charge < -0.3 is 0 Å². The molecule has 0 aliphatic carbocycles. The molecule has 0 N–H and O–H groups in total. The molecule has 6 nitrogen and oxygen atoms in total. The maximum absolute atomic E-state index is 12.7. The molecule has 3 aromatic rings. The summed E-state index contributed by atoms with van der Waals surface area (Å²) in [5.41, 5.74) is 0.0866. The number of rotatable bonds is 4. The number of benzene rings is 1. The van der Waals surface area contributed by atoms with Gasteiger partial charge in [-0.2, -0.15) is 5.10 Å². The van der Waals surface area contributed by atoms with Gasteiger partial charge in [-0.15, -0.1) is 11.3 Å². The molecular weight excluding hydrogens is 408 g/mol. The number of hydrogen-bond acceptors (Lipinski definition) is 5. The number of hydrogen-bond donors (Lipinski definition) is 0. The van der Waals surface area contributed by atoms with Gasteiger partial charge >= 0.3 is 11.1 Å². The highest BCUT2D eigenvalue weighted by Crippen LogP contribution is 2.40. The normalized spacial score (nSPS) is 21.1. The predicted molar refractivity (Wildman–Crippen MR) is 114 cm³/mol. The SMILES string of the molecule is O=c1c(=O)n2c(nn1Cc1cccs1)[C@@]1(CCN(Cc3ccc(Cl)cc3)C1)CC2. The van der Waals surface area contributed by atoms with Crippen LogP contribution in [0, 0.1) is 0 Å². The van der Waals surface area contributed by atoms with Crippen LogP contribution in [0.25, 0.3) is 0 Å². The van der Waals surface area contributed by atoms with E-state index in [-0.39, 0.29) is 5.41 Å². The second-order valence-electron chi connectivity index (χ2n) is 7.94. The Morgan fingerprint density at radius 1 is 1.03 bits per heavy atom. The molecule has 8 heteroatoms. The second-order valence-corrected chi connectivity index (χ2v) is 9.41.